The average molecular weight is 433 g/mol. The van der Waals surface area contributed by atoms with Crippen molar-refractivity contribution < 1.29 is 13.2 Å². The molecule has 0 bridgehead atoms. The maximum atomic E-state index is 12.8. The highest BCUT2D eigenvalue weighted by Crippen LogP contribution is 2.20. The zero-order valence-electron chi connectivity index (χ0n) is 16.0. The Morgan fingerprint density at radius 3 is 2.38 bits per heavy atom. The Hall–Kier alpha value is -2.42. The van der Waals surface area contributed by atoms with E-state index in [2.05, 4.69) is 4.98 Å². The van der Waals surface area contributed by atoms with Crippen molar-refractivity contribution >= 4 is 38.6 Å². The Balaban J connectivity index is 1.43. The molecule has 1 aromatic heterocycles. The molecule has 0 atom stereocenters. The van der Waals surface area contributed by atoms with Gasteiger partial charge in [-0.2, -0.15) is 4.31 Å². The van der Waals surface area contributed by atoms with E-state index in [1.165, 1.54) is 16.4 Å². The van der Waals surface area contributed by atoms with E-state index >= 15 is 0 Å². The minimum absolute atomic E-state index is 0.0419. The Labute approximate surface area is 174 Å². The summed E-state index contributed by atoms with van der Waals surface area (Å²) >= 11 is 5.85. The van der Waals surface area contributed by atoms with Crippen molar-refractivity contribution in [3.05, 3.63) is 59.4 Å². The Morgan fingerprint density at radius 2 is 1.69 bits per heavy atom. The van der Waals surface area contributed by atoms with Gasteiger partial charge in [0, 0.05) is 31.2 Å². The predicted octanol–water partition coefficient (Wildman–Crippen LogP) is 2.53. The molecular formula is C20H21ClN4O3S. The number of aryl methyl sites for hydroxylation is 1. The van der Waals surface area contributed by atoms with Gasteiger partial charge in [0.15, 0.2) is 0 Å². The van der Waals surface area contributed by atoms with Gasteiger partial charge in [0.2, 0.25) is 15.9 Å². The van der Waals surface area contributed by atoms with E-state index in [4.69, 9.17) is 11.6 Å². The van der Waals surface area contributed by atoms with Crippen LogP contribution in [-0.4, -0.2) is 59.3 Å². The van der Waals surface area contributed by atoms with Gasteiger partial charge in [-0.1, -0.05) is 23.7 Å². The quantitative estimate of drug-likeness (QED) is 0.634. The van der Waals surface area contributed by atoms with E-state index in [1.807, 2.05) is 35.8 Å². The number of aromatic nitrogens is 2. The zero-order chi connectivity index (χ0) is 20.6. The second-order valence-electron chi connectivity index (χ2n) is 6.97. The van der Waals surface area contributed by atoms with Gasteiger partial charge < -0.3 is 9.47 Å². The van der Waals surface area contributed by atoms with Gasteiger partial charge in [-0.25, -0.2) is 13.4 Å². The number of hydrogen-bond acceptors (Lipinski definition) is 4. The van der Waals surface area contributed by atoms with E-state index in [9.17, 15) is 13.2 Å². The molecule has 3 aromatic rings. The number of rotatable bonds is 4. The first-order chi connectivity index (χ1) is 13.9. The molecular weight excluding hydrogens is 412 g/mol. The fourth-order valence-electron chi connectivity index (χ4n) is 3.56. The maximum Gasteiger partial charge on any atom is 0.243 e. The Morgan fingerprint density at radius 1 is 1.03 bits per heavy atom. The average Bonchev–Trinajstić information content (AvgIpc) is 3.03. The smallest absolute Gasteiger partial charge is 0.243 e. The topological polar surface area (TPSA) is 75.5 Å². The molecule has 1 saturated heterocycles. The van der Waals surface area contributed by atoms with Crippen molar-refractivity contribution in [2.45, 2.75) is 18.4 Å². The highest BCUT2D eigenvalue weighted by atomic mass is 35.5. The van der Waals surface area contributed by atoms with Crippen LogP contribution >= 0.6 is 11.6 Å². The maximum absolute atomic E-state index is 12.8. The van der Waals surface area contributed by atoms with E-state index in [1.54, 1.807) is 17.0 Å². The van der Waals surface area contributed by atoms with E-state index in [0.717, 1.165) is 16.9 Å². The van der Waals surface area contributed by atoms with Crippen LogP contribution in [0.5, 0.6) is 0 Å². The minimum atomic E-state index is -3.59. The molecule has 7 nitrogen and oxygen atoms in total. The van der Waals surface area contributed by atoms with Crippen LogP contribution in [0.2, 0.25) is 5.02 Å². The number of fused-ring (bicyclic) bond motifs is 1. The second kappa shape index (κ2) is 7.78. The monoisotopic (exact) mass is 432 g/mol. The standard InChI is InChI=1S/C20H21ClN4O3S/c1-15-22-18-4-2-3-5-19(18)25(15)14-20(26)23-10-12-24(13-11-23)29(27,28)17-8-6-16(21)7-9-17/h2-9H,10-14H2,1H3. The third kappa shape index (κ3) is 3.88. The van der Waals surface area contributed by atoms with Crippen molar-refractivity contribution in [3.63, 3.8) is 0 Å². The number of sulfonamides is 1. The van der Waals surface area contributed by atoms with Crippen molar-refractivity contribution in [2.24, 2.45) is 0 Å². The lowest BCUT2D eigenvalue weighted by atomic mass is 10.3. The van der Waals surface area contributed by atoms with E-state index < -0.39 is 10.0 Å². The fraction of sp³-hybridized carbons (Fsp3) is 0.300. The van der Waals surface area contributed by atoms with Crippen molar-refractivity contribution in [1.29, 1.82) is 0 Å². The summed E-state index contributed by atoms with van der Waals surface area (Å²) in [6, 6.07) is 13.8. The molecule has 0 unspecified atom stereocenters. The Bertz CT molecular complexity index is 1150. The van der Waals surface area contributed by atoms with E-state index in [0.29, 0.717) is 18.1 Å². The number of piperazine rings is 1. The molecule has 1 amide bonds. The summed E-state index contributed by atoms with van der Waals surface area (Å²) in [7, 11) is -3.59. The molecule has 2 heterocycles. The van der Waals surface area contributed by atoms with Crippen LogP contribution in [-0.2, 0) is 21.4 Å². The van der Waals surface area contributed by atoms with Crippen LogP contribution in [0.25, 0.3) is 11.0 Å². The van der Waals surface area contributed by atoms with Crippen molar-refractivity contribution in [1.82, 2.24) is 18.8 Å². The van der Waals surface area contributed by atoms with Gasteiger partial charge in [-0.3, -0.25) is 4.79 Å². The first kappa shape index (κ1) is 19.9. The number of nitrogens with zero attached hydrogens (tertiary/aromatic N) is 4. The van der Waals surface area contributed by atoms with Crippen LogP contribution in [0, 0.1) is 6.92 Å². The normalized spacial score (nSPS) is 15.7. The largest absolute Gasteiger partial charge is 0.339 e. The van der Waals surface area contributed by atoms with Gasteiger partial charge in [0.1, 0.15) is 12.4 Å². The second-order valence-corrected chi connectivity index (χ2v) is 9.35. The lowest BCUT2D eigenvalue weighted by Gasteiger charge is -2.34. The van der Waals surface area contributed by atoms with Crippen LogP contribution < -0.4 is 0 Å². The summed E-state index contributed by atoms with van der Waals surface area (Å²) in [6.07, 6.45) is 0. The number of amides is 1. The van der Waals surface area contributed by atoms with Gasteiger partial charge in [-0.15, -0.1) is 0 Å². The SMILES string of the molecule is Cc1nc2ccccc2n1CC(=O)N1CCN(S(=O)(=O)c2ccc(Cl)cc2)CC1. The molecule has 152 valence electrons. The van der Waals surface area contributed by atoms with Crippen LogP contribution in [0.4, 0.5) is 0 Å². The third-order valence-electron chi connectivity index (χ3n) is 5.18. The lowest BCUT2D eigenvalue weighted by molar-refractivity contribution is -0.133. The molecule has 2 aromatic carbocycles. The summed E-state index contributed by atoms with van der Waals surface area (Å²) in [5, 5.41) is 0.488. The molecule has 0 N–H and O–H groups in total. The molecule has 1 aliphatic heterocycles. The minimum Gasteiger partial charge on any atom is -0.339 e. The van der Waals surface area contributed by atoms with E-state index in [-0.39, 0.29) is 30.4 Å². The highest BCUT2D eigenvalue weighted by molar-refractivity contribution is 7.89. The Kier molecular flexibility index (Phi) is 5.33. The zero-order valence-corrected chi connectivity index (χ0v) is 17.5. The van der Waals surface area contributed by atoms with Crippen molar-refractivity contribution in [3.8, 4) is 0 Å². The third-order valence-corrected chi connectivity index (χ3v) is 7.35. The molecule has 1 fully saturated rings. The summed E-state index contributed by atoms with van der Waals surface area (Å²) in [4.78, 5) is 19.2. The summed E-state index contributed by atoms with van der Waals surface area (Å²) in [6.45, 7) is 3.32. The summed E-state index contributed by atoms with van der Waals surface area (Å²) < 4.78 is 28.9. The molecule has 4 rings (SSSR count). The lowest BCUT2D eigenvalue weighted by Crippen LogP contribution is -2.51. The fourth-order valence-corrected chi connectivity index (χ4v) is 5.11. The number of halogens is 1. The van der Waals surface area contributed by atoms with Gasteiger partial charge in [0.05, 0.1) is 15.9 Å². The van der Waals surface area contributed by atoms with Gasteiger partial charge in [-0.05, 0) is 43.3 Å². The van der Waals surface area contributed by atoms with Gasteiger partial charge in [0.25, 0.3) is 0 Å². The molecule has 0 saturated carbocycles. The van der Waals surface area contributed by atoms with Crippen molar-refractivity contribution in [2.75, 3.05) is 26.2 Å². The predicted molar refractivity (Wildman–Crippen MR) is 111 cm³/mol. The van der Waals surface area contributed by atoms with Crippen LogP contribution in [0.1, 0.15) is 5.82 Å². The molecule has 0 spiro atoms. The number of imidazole rings is 1. The number of hydrogen-bond donors (Lipinski definition) is 0. The molecule has 0 aliphatic carbocycles. The summed E-state index contributed by atoms with van der Waals surface area (Å²) in [5.41, 5.74) is 1.78. The molecule has 1 aliphatic rings. The summed E-state index contributed by atoms with van der Waals surface area (Å²) in [5.74, 6) is 0.739. The highest BCUT2D eigenvalue weighted by Gasteiger charge is 2.30. The number of benzene rings is 2. The number of carbonyl (C=O) groups is 1. The first-order valence-electron chi connectivity index (χ1n) is 9.31. The number of carbonyl (C=O) groups excluding carboxylic acids is 1. The molecule has 0 radical (unpaired) electrons. The number of para-hydroxylation sites is 2. The van der Waals surface area contributed by atoms with Crippen LogP contribution in [0.15, 0.2) is 53.4 Å². The van der Waals surface area contributed by atoms with Gasteiger partial charge >= 0.3 is 0 Å². The first-order valence-corrected chi connectivity index (χ1v) is 11.1. The molecule has 9 heteroatoms. The van der Waals surface area contributed by atoms with Crippen LogP contribution in [0.3, 0.4) is 0 Å². The molecule has 29 heavy (non-hydrogen) atoms.